The molecule has 0 heterocycles. The first-order chi connectivity index (χ1) is 9.37. The van der Waals surface area contributed by atoms with Crippen LogP contribution in [0.3, 0.4) is 0 Å². The average Bonchev–Trinajstić information content (AvgIpc) is 2.39. The van der Waals surface area contributed by atoms with Crippen LogP contribution in [0.15, 0.2) is 12.1 Å². The highest BCUT2D eigenvalue weighted by Gasteiger charge is 2.17. The number of hydrogen-bond acceptors (Lipinski definition) is 3. The molecule has 0 atom stereocenters. The zero-order chi connectivity index (χ0) is 15.2. The van der Waals surface area contributed by atoms with E-state index in [1.54, 1.807) is 0 Å². The second kappa shape index (κ2) is 7.49. The van der Waals surface area contributed by atoms with E-state index >= 15 is 0 Å². The summed E-state index contributed by atoms with van der Waals surface area (Å²) >= 11 is 0. The minimum Gasteiger partial charge on any atom is -0.317 e. The Morgan fingerprint density at radius 1 is 1.10 bits per heavy atom. The molecule has 2 N–H and O–H groups in total. The van der Waals surface area contributed by atoms with Gasteiger partial charge in [0.2, 0.25) is 10.0 Å². The lowest BCUT2D eigenvalue weighted by Crippen LogP contribution is -2.23. The Hall–Kier alpha value is -1.28. The van der Waals surface area contributed by atoms with Crippen molar-refractivity contribution in [1.29, 1.82) is 0 Å². The van der Waals surface area contributed by atoms with Crippen molar-refractivity contribution in [3.63, 3.8) is 0 Å². The molecule has 4 nitrogen and oxygen atoms in total. The van der Waals surface area contributed by atoms with Gasteiger partial charge in [0.25, 0.3) is 0 Å². The van der Waals surface area contributed by atoms with E-state index in [2.05, 4.69) is 5.32 Å². The molecule has 0 saturated heterocycles. The molecule has 0 aliphatic heterocycles. The van der Waals surface area contributed by atoms with Gasteiger partial charge in [0.05, 0.1) is 11.4 Å². The maximum atomic E-state index is 13.3. The Kier molecular flexibility index (Phi) is 6.28. The molecular formula is C12H17F3N2O2S. The van der Waals surface area contributed by atoms with Crippen LogP contribution in [0.1, 0.15) is 19.8 Å². The van der Waals surface area contributed by atoms with Crippen molar-refractivity contribution in [2.45, 2.75) is 19.8 Å². The minimum atomic E-state index is -3.79. The monoisotopic (exact) mass is 310 g/mol. The Bertz CT molecular complexity index is 550. The number of hydrogen-bond donors (Lipinski definition) is 2. The van der Waals surface area contributed by atoms with Gasteiger partial charge in [-0.1, -0.05) is 6.92 Å². The van der Waals surface area contributed by atoms with Crippen molar-refractivity contribution in [3.05, 3.63) is 29.6 Å². The summed E-state index contributed by atoms with van der Waals surface area (Å²) < 4.78 is 64.2. The summed E-state index contributed by atoms with van der Waals surface area (Å²) in [5.41, 5.74) is -0.592. The lowest BCUT2D eigenvalue weighted by atomic mass is 10.3. The van der Waals surface area contributed by atoms with E-state index < -0.39 is 33.2 Å². The third-order valence-corrected chi connectivity index (χ3v) is 3.85. The molecule has 0 aromatic heterocycles. The largest absolute Gasteiger partial charge is 0.317 e. The maximum Gasteiger partial charge on any atom is 0.232 e. The highest BCUT2D eigenvalue weighted by atomic mass is 32.2. The number of benzene rings is 1. The molecule has 20 heavy (non-hydrogen) atoms. The average molecular weight is 310 g/mol. The first kappa shape index (κ1) is 16.8. The van der Waals surface area contributed by atoms with E-state index in [4.69, 9.17) is 0 Å². The molecule has 0 spiro atoms. The summed E-state index contributed by atoms with van der Waals surface area (Å²) in [4.78, 5) is 0. The van der Waals surface area contributed by atoms with E-state index in [9.17, 15) is 21.6 Å². The van der Waals surface area contributed by atoms with Gasteiger partial charge in [0.15, 0.2) is 17.5 Å². The van der Waals surface area contributed by atoms with Crippen molar-refractivity contribution in [2.24, 2.45) is 0 Å². The minimum absolute atomic E-state index is 0.234. The second-order valence-corrected chi connectivity index (χ2v) is 6.09. The van der Waals surface area contributed by atoms with Crippen LogP contribution in [0.2, 0.25) is 0 Å². The molecule has 114 valence electrons. The molecular weight excluding hydrogens is 293 g/mol. The van der Waals surface area contributed by atoms with E-state index in [0.717, 1.165) is 19.0 Å². The fourth-order valence-corrected chi connectivity index (χ4v) is 2.63. The van der Waals surface area contributed by atoms with Crippen LogP contribution in [-0.2, 0) is 10.0 Å². The SMILES string of the molecule is CCCNCCCS(=O)(=O)Nc1ccc(F)c(F)c1F. The second-order valence-electron chi connectivity index (χ2n) is 4.25. The first-order valence-corrected chi connectivity index (χ1v) is 7.87. The molecule has 0 amide bonds. The molecule has 0 bridgehead atoms. The number of rotatable bonds is 8. The molecule has 1 rings (SSSR count). The summed E-state index contributed by atoms with van der Waals surface area (Å²) in [6.45, 7) is 3.28. The summed E-state index contributed by atoms with van der Waals surface area (Å²) in [6.07, 6.45) is 1.27. The molecule has 1 aromatic carbocycles. The molecule has 0 unspecified atom stereocenters. The van der Waals surface area contributed by atoms with Gasteiger partial charge >= 0.3 is 0 Å². The smallest absolute Gasteiger partial charge is 0.232 e. The number of anilines is 1. The van der Waals surface area contributed by atoms with Crippen molar-refractivity contribution in [2.75, 3.05) is 23.6 Å². The van der Waals surface area contributed by atoms with Crippen LogP contribution < -0.4 is 10.0 Å². The van der Waals surface area contributed by atoms with E-state index in [1.807, 2.05) is 11.6 Å². The van der Waals surface area contributed by atoms with Crippen LogP contribution in [0.4, 0.5) is 18.9 Å². The number of sulfonamides is 1. The van der Waals surface area contributed by atoms with E-state index in [1.165, 1.54) is 0 Å². The highest BCUT2D eigenvalue weighted by molar-refractivity contribution is 7.92. The topological polar surface area (TPSA) is 58.2 Å². The van der Waals surface area contributed by atoms with Crippen molar-refractivity contribution in [3.8, 4) is 0 Å². The first-order valence-electron chi connectivity index (χ1n) is 6.22. The van der Waals surface area contributed by atoms with Gasteiger partial charge < -0.3 is 5.32 Å². The lowest BCUT2D eigenvalue weighted by Gasteiger charge is -2.09. The van der Waals surface area contributed by atoms with Crippen molar-refractivity contribution < 1.29 is 21.6 Å². The van der Waals surface area contributed by atoms with Crippen molar-refractivity contribution in [1.82, 2.24) is 5.32 Å². The van der Waals surface area contributed by atoms with E-state index in [0.29, 0.717) is 19.0 Å². The fourth-order valence-electron chi connectivity index (χ4n) is 1.51. The van der Waals surface area contributed by atoms with Gasteiger partial charge in [-0.05, 0) is 38.1 Å². The number of nitrogens with one attached hydrogen (secondary N) is 2. The van der Waals surface area contributed by atoms with Gasteiger partial charge in [-0.15, -0.1) is 0 Å². The van der Waals surface area contributed by atoms with Crippen LogP contribution in [0.5, 0.6) is 0 Å². The molecule has 0 radical (unpaired) electrons. The van der Waals surface area contributed by atoms with Gasteiger partial charge in [-0.2, -0.15) is 0 Å². The summed E-state index contributed by atoms with van der Waals surface area (Å²) in [5, 5.41) is 3.02. The third kappa shape index (κ3) is 5.01. The highest BCUT2D eigenvalue weighted by Crippen LogP contribution is 2.20. The molecule has 0 aliphatic carbocycles. The maximum absolute atomic E-state index is 13.3. The van der Waals surface area contributed by atoms with Crippen LogP contribution in [-0.4, -0.2) is 27.3 Å². The zero-order valence-corrected chi connectivity index (χ0v) is 11.9. The van der Waals surface area contributed by atoms with Crippen LogP contribution in [0, 0.1) is 17.5 Å². The normalized spacial score (nSPS) is 11.6. The fraction of sp³-hybridized carbons (Fsp3) is 0.500. The predicted molar refractivity (Wildman–Crippen MR) is 71.5 cm³/mol. The molecule has 1 aromatic rings. The Morgan fingerprint density at radius 3 is 2.45 bits per heavy atom. The molecule has 8 heteroatoms. The van der Waals surface area contributed by atoms with Gasteiger partial charge in [0, 0.05) is 0 Å². The molecule has 0 aliphatic rings. The molecule has 0 saturated carbocycles. The predicted octanol–water partition coefficient (Wildman–Crippen LogP) is 2.24. The quantitative estimate of drug-likeness (QED) is 0.572. The third-order valence-electron chi connectivity index (χ3n) is 2.49. The molecule has 0 fully saturated rings. The van der Waals surface area contributed by atoms with Gasteiger partial charge in [0.1, 0.15) is 0 Å². The summed E-state index contributed by atoms with van der Waals surface area (Å²) in [6, 6.07) is 1.51. The Labute approximate surface area is 116 Å². The Balaban J connectivity index is 2.61. The van der Waals surface area contributed by atoms with E-state index in [-0.39, 0.29) is 5.75 Å². The van der Waals surface area contributed by atoms with Crippen LogP contribution in [0.25, 0.3) is 0 Å². The zero-order valence-electron chi connectivity index (χ0n) is 11.0. The summed E-state index contributed by atoms with van der Waals surface area (Å²) in [7, 11) is -3.79. The number of halogens is 3. The Morgan fingerprint density at radius 2 is 1.80 bits per heavy atom. The van der Waals surface area contributed by atoms with Gasteiger partial charge in [-0.3, -0.25) is 4.72 Å². The lowest BCUT2D eigenvalue weighted by molar-refractivity contribution is 0.449. The van der Waals surface area contributed by atoms with Gasteiger partial charge in [-0.25, -0.2) is 21.6 Å². The summed E-state index contributed by atoms with van der Waals surface area (Å²) in [5.74, 6) is -4.84. The standard InChI is InChI=1S/C12H17F3N2O2S/c1-2-6-16-7-3-8-20(18,19)17-10-5-4-9(13)11(14)12(10)15/h4-5,16-17H,2-3,6-8H2,1H3. The van der Waals surface area contributed by atoms with Crippen LogP contribution >= 0.6 is 0 Å². The van der Waals surface area contributed by atoms with Crippen molar-refractivity contribution >= 4 is 15.7 Å².